The molecule has 0 heterocycles. The quantitative estimate of drug-likeness (QED) is 0.309. The minimum Gasteiger partial charge on any atom is -0.345 e. The summed E-state index contributed by atoms with van der Waals surface area (Å²) in [5.74, 6) is 6.29. The summed E-state index contributed by atoms with van der Waals surface area (Å²) >= 11 is 0. The molecule has 3 N–H and O–H groups in total. The van der Waals surface area contributed by atoms with Gasteiger partial charge in [0.05, 0.1) is 6.04 Å². The van der Waals surface area contributed by atoms with Crippen LogP contribution in [0.5, 0.6) is 0 Å². The number of hydrogen-bond donors (Lipinski definition) is 2. The first kappa shape index (κ1) is 11.3. The van der Waals surface area contributed by atoms with Crippen molar-refractivity contribution in [1.82, 2.24) is 10.3 Å². The maximum Gasteiger partial charge on any atom is 0.208 e. The molecule has 4 nitrogen and oxygen atoms in total. The van der Waals surface area contributed by atoms with E-state index in [1.54, 1.807) is 0 Å². The van der Waals surface area contributed by atoms with Crippen molar-refractivity contribution < 1.29 is 0 Å². The van der Waals surface area contributed by atoms with Gasteiger partial charge in [0.2, 0.25) is 5.96 Å². The third-order valence-electron chi connectivity index (χ3n) is 2.68. The molecule has 4 heteroatoms. The highest BCUT2D eigenvalue weighted by molar-refractivity contribution is 5.79. The Morgan fingerprint density at radius 3 is 2.64 bits per heavy atom. The van der Waals surface area contributed by atoms with Crippen LogP contribution in [-0.2, 0) is 0 Å². The number of rotatable bonds is 3. The topological polar surface area (TPSA) is 53.6 Å². The van der Waals surface area contributed by atoms with Crippen LogP contribution in [0.25, 0.3) is 0 Å². The van der Waals surface area contributed by atoms with Crippen molar-refractivity contribution in [2.24, 2.45) is 10.8 Å². The molecule has 1 aliphatic rings. The molecule has 0 aromatic carbocycles. The van der Waals surface area contributed by atoms with E-state index in [0.29, 0.717) is 6.04 Å². The van der Waals surface area contributed by atoms with Crippen LogP contribution < -0.4 is 11.3 Å². The van der Waals surface area contributed by atoms with Gasteiger partial charge in [0.25, 0.3) is 0 Å². The highest BCUT2D eigenvalue weighted by Crippen LogP contribution is 2.20. The molecule has 82 valence electrons. The molecule has 0 saturated heterocycles. The number of nitrogens with one attached hydrogen (secondary N) is 1. The van der Waals surface area contributed by atoms with E-state index in [4.69, 9.17) is 5.84 Å². The standard InChI is InChI=1S/C10H22N4/c1-3-8-14(2)10(13-11)12-9-6-4-5-7-9/h9H,3-8,11H2,1-2H3,(H,12,13). The molecule has 1 rings (SSSR count). The Balaban J connectivity index is 2.49. The predicted molar refractivity (Wildman–Crippen MR) is 59.9 cm³/mol. The lowest BCUT2D eigenvalue weighted by atomic mass is 10.3. The second-order valence-corrected chi connectivity index (χ2v) is 3.96. The van der Waals surface area contributed by atoms with Crippen molar-refractivity contribution in [1.29, 1.82) is 0 Å². The average molecular weight is 198 g/mol. The maximum atomic E-state index is 5.46. The maximum absolute atomic E-state index is 5.46. The molecule has 0 bridgehead atoms. The molecule has 0 aromatic heterocycles. The van der Waals surface area contributed by atoms with Crippen molar-refractivity contribution in [2.45, 2.75) is 45.1 Å². The zero-order chi connectivity index (χ0) is 10.4. The van der Waals surface area contributed by atoms with E-state index in [1.807, 2.05) is 7.05 Å². The molecule has 0 aliphatic heterocycles. The Hall–Kier alpha value is -0.770. The molecule has 1 fully saturated rings. The molecule has 0 atom stereocenters. The number of aliphatic imine (C=N–C) groups is 1. The molecular formula is C10H22N4. The second kappa shape index (κ2) is 5.86. The third kappa shape index (κ3) is 3.18. The van der Waals surface area contributed by atoms with Gasteiger partial charge in [0.15, 0.2) is 0 Å². The fourth-order valence-electron chi connectivity index (χ4n) is 1.89. The van der Waals surface area contributed by atoms with Gasteiger partial charge in [-0.05, 0) is 19.3 Å². The number of nitrogens with zero attached hydrogens (tertiary/aromatic N) is 2. The Morgan fingerprint density at radius 2 is 2.14 bits per heavy atom. The SMILES string of the molecule is CCCN(C)C(=NC1CCCC1)NN. The molecule has 0 unspecified atom stereocenters. The summed E-state index contributed by atoms with van der Waals surface area (Å²) in [5.41, 5.74) is 2.69. The lowest BCUT2D eigenvalue weighted by Gasteiger charge is -2.20. The molecule has 1 saturated carbocycles. The van der Waals surface area contributed by atoms with Crippen LogP contribution in [0.2, 0.25) is 0 Å². The fourth-order valence-corrected chi connectivity index (χ4v) is 1.89. The third-order valence-corrected chi connectivity index (χ3v) is 2.68. The first-order chi connectivity index (χ1) is 6.77. The summed E-state index contributed by atoms with van der Waals surface area (Å²) in [6.45, 7) is 3.15. The Kier molecular flexibility index (Phi) is 4.73. The van der Waals surface area contributed by atoms with Crippen molar-refractivity contribution in [2.75, 3.05) is 13.6 Å². The molecule has 0 amide bonds. The summed E-state index contributed by atoms with van der Waals surface area (Å²) in [7, 11) is 2.02. The van der Waals surface area contributed by atoms with Gasteiger partial charge in [0, 0.05) is 13.6 Å². The minimum absolute atomic E-state index is 0.486. The summed E-state index contributed by atoms with van der Waals surface area (Å²) in [4.78, 5) is 6.70. The predicted octanol–water partition coefficient (Wildman–Crippen LogP) is 1.09. The van der Waals surface area contributed by atoms with Crippen LogP contribution in [0, 0.1) is 0 Å². The molecule has 1 aliphatic carbocycles. The first-order valence-electron chi connectivity index (χ1n) is 5.53. The molecular weight excluding hydrogens is 176 g/mol. The van der Waals surface area contributed by atoms with E-state index in [2.05, 4.69) is 22.2 Å². The van der Waals surface area contributed by atoms with Gasteiger partial charge in [-0.15, -0.1) is 0 Å². The highest BCUT2D eigenvalue weighted by atomic mass is 15.4. The molecule has 0 aromatic rings. The average Bonchev–Trinajstić information content (AvgIpc) is 2.66. The summed E-state index contributed by atoms with van der Waals surface area (Å²) in [5, 5.41) is 0. The number of guanidine groups is 1. The van der Waals surface area contributed by atoms with Gasteiger partial charge < -0.3 is 4.90 Å². The van der Waals surface area contributed by atoms with Crippen LogP contribution in [0.4, 0.5) is 0 Å². The zero-order valence-corrected chi connectivity index (χ0v) is 9.29. The molecule has 0 radical (unpaired) electrons. The van der Waals surface area contributed by atoms with Gasteiger partial charge in [-0.25, -0.2) is 10.8 Å². The van der Waals surface area contributed by atoms with E-state index in [1.165, 1.54) is 25.7 Å². The zero-order valence-electron chi connectivity index (χ0n) is 9.29. The summed E-state index contributed by atoms with van der Waals surface area (Å²) in [6.07, 6.45) is 6.16. The smallest absolute Gasteiger partial charge is 0.208 e. The Labute approximate surface area is 86.5 Å². The van der Waals surface area contributed by atoms with Gasteiger partial charge in [-0.1, -0.05) is 19.8 Å². The van der Waals surface area contributed by atoms with Crippen molar-refractivity contribution in [3.8, 4) is 0 Å². The Bertz CT molecular complexity index is 185. The Morgan fingerprint density at radius 1 is 1.50 bits per heavy atom. The first-order valence-corrected chi connectivity index (χ1v) is 5.53. The van der Waals surface area contributed by atoms with Gasteiger partial charge in [0.1, 0.15) is 0 Å². The largest absolute Gasteiger partial charge is 0.345 e. The number of hydrogen-bond acceptors (Lipinski definition) is 2. The lowest BCUT2D eigenvalue weighted by molar-refractivity contribution is 0.473. The van der Waals surface area contributed by atoms with Gasteiger partial charge >= 0.3 is 0 Å². The van der Waals surface area contributed by atoms with Crippen molar-refractivity contribution in [3.05, 3.63) is 0 Å². The highest BCUT2D eigenvalue weighted by Gasteiger charge is 2.15. The van der Waals surface area contributed by atoms with Crippen LogP contribution in [0.3, 0.4) is 0 Å². The monoisotopic (exact) mass is 198 g/mol. The fraction of sp³-hybridized carbons (Fsp3) is 0.900. The van der Waals surface area contributed by atoms with E-state index in [-0.39, 0.29) is 0 Å². The lowest BCUT2D eigenvalue weighted by Crippen LogP contribution is -2.43. The second-order valence-electron chi connectivity index (χ2n) is 3.96. The molecule has 14 heavy (non-hydrogen) atoms. The van der Waals surface area contributed by atoms with E-state index in [0.717, 1.165) is 18.9 Å². The number of nitrogens with two attached hydrogens (primary N) is 1. The van der Waals surface area contributed by atoms with Crippen LogP contribution in [-0.4, -0.2) is 30.5 Å². The van der Waals surface area contributed by atoms with E-state index >= 15 is 0 Å². The van der Waals surface area contributed by atoms with Gasteiger partial charge in [-0.3, -0.25) is 5.43 Å². The normalized spacial score (nSPS) is 18.6. The number of hydrazine groups is 1. The molecule has 0 spiro atoms. The summed E-state index contributed by atoms with van der Waals surface area (Å²) in [6, 6.07) is 0.486. The van der Waals surface area contributed by atoms with Crippen LogP contribution in [0.1, 0.15) is 39.0 Å². The van der Waals surface area contributed by atoms with Crippen LogP contribution in [0.15, 0.2) is 4.99 Å². The van der Waals surface area contributed by atoms with E-state index < -0.39 is 0 Å². The summed E-state index contributed by atoms with van der Waals surface area (Å²) < 4.78 is 0. The van der Waals surface area contributed by atoms with Crippen molar-refractivity contribution >= 4 is 5.96 Å². The van der Waals surface area contributed by atoms with E-state index in [9.17, 15) is 0 Å². The van der Waals surface area contributed by atoms with Crippen molar-refractivity contribution in [3.63, 3.8) is 0 Å². The van der Waals surface area contributed by atoms with Crippen LogP contribution >= 0.6 is 0 Å². The van der Waals surface area contributed by atoms with Gasteiger partial charge in [-0.2, -0.15) is 0 Å². The minimum atomic E-state index is 0.486.